The summed E-state index contributed by atoms with van der Waals surface area (Å²) in [4.78, 5) is 6.49. The van der Waals surface area contributed by atoms with Crippen molar-refractivity contribution in [3.05, 3.63) is 58.3 Å². The fraction of sp³-hybridized carbons (Fsp3) is 0.353. The Labute approximate surface area is 141 Å². The summed E-state index contributed by atoms with van der Waals surface area (Å²) in [5.41, 5.74) is 2.57. The maximum atomic E-state index is 4.36. The van der Waals surface area contributed by atoms with Gasteiger partial charge in [0.05, 0.1) is 6.54 Å². The molecular weight excluding hydrogens is 340 g/mol. The minimum atomic E-state index is 0.813. The van der Waals surface area contributed by atoms with Gasteiger partial charge in [-0.05, 0) is 34.0 Å². The lowest BCUT2D eigenvalue weighted by Gasteiger charge is -2.22. The molecule has 1 heterocycles. The molecule has 0 amide bonds. The third-order valence-corrected chi connectivity index (χ3v) is 4.02. The molecule has 0 saturated carbocycles. The second-order valence-corrected chi connectivity index (χ2v) is 6.24. The number of hydrogen-bond donors (Lipinski definition) is 1. The molecule has 22 heavy (non-hydrogen) atoms. The van der Waals surface area contributed by atoms with Crippen LogP contribution in [0.1, 0.15) is 11.3 Å². The Balaban J connectivity index is 1.87. The van der Waals surface area contributed by atoms with Crippen LogP contribution in [0.5, 0.6) is 0 Å². The summed E-state index contributed by atoms with van der Waals surface area (Å²) in [6, 6.07) is 12.6. The highest BCUT2D eigenvalue weighted by Gasteiger charge is 2.09. The highest BCUT2D eigenvalue weighted by Crippen LogP contribution is 2.14. The monoisotopic (exact) mass is 362 g/mol. The Morgan fingerprint density at radius 1 is 1.32 bits per heavy atom. The molecule has 0 fully saturated rings. The summed E-state index contributed by atoms with van der Waals surface area (Å²) in [7, 11) is 5.93. The molecule has 118 valence electrons. The lowest BCUT2D eigenvalue weighted by molar-refractivity contribution is 0.462. The van der Waals surface area contributed by atoms with Crippen LogP contribution in [0.25, 0.3) is 0 Å². The number of nitrogens with one attached hydrogen (secondary N) is 1. The van der Waals surface area contributed by atoms with Gasteiger partial charge in [0.25, 0.3) is 0 Å². The first kappa shape index (κ1) is 16.6. The third-order valence-electron chi connectivity index (χ3n) is 3.59. The van der Waals surface area contributed by atoms with Gasteiger partial charge in [0.15, 0.2) is 5.96 Å². The molecule has 0 aliphatic carbocycles. The minimum Gasteiger partial charge on any atom is -0.356 e. The second kappa shape index (κ2) is 8.03. The summed E-state index contributed by atoms with van der Waals surface area (Å²) in [5, 5.41) is 3.42. The molecule has 0 unspecified atom stereocenters. The molecule has 1 N–H and O–H groups in total. The van der Waals surface area contributed by atoms with Crippen LogP contribution in [0, 0.1) is 0 Å². The molecule has 1 aromatic carbocycles. The van der Waals surface area contributed by atoms with Gasteiger partial charge < -0.3 is 14.8 Å². The average Bonchev–Trinajstić information content (AvgIpc) is 2.82. The van der Waals surface area contributed by atoms with Crippen molar-refractivity contribution in [2.45, 2.75) is 13.0 Å². The Bertz CT molecular complexity index is 619. The second-order valence-electron chi connectivity index (χ2n) is 5.33. The van der Waals surface area contributed by atoms with Crippen LogP contribution in [0.15, 0.2) is 52.1 Å². The van der Waals surface area contributed by atoms with Crippen LogP contribution in [-0.4, -0.2) is 36.1 Å². The number of hydrogen-bond acceptors (Lipinski definition) is 1. The lowest BCUT2D eigenvalue weighted by atomic mass is 10.1. The van der Waals surface area contributed by atoms with Crippen LogP contribution in [-0.2, 0) is 20.0 Å². The predicted octanol–water partition coefficient (Wildman–Crippen LogP) is 3.04. The summed E-state index contributed by atoms with van der Waals surface area (Å²) >= 11 is 3.51. The van der Waals surface area contributed by atoms with Gasteiger partial charge >= 0.3 is 0 Å². The van der Waals surface area contributed by atoms with E-state index in [0.29, 0.717) is 0 Å². The number of aliphatic imine (C=N–C) groups is 1. The van der Waals surface area contributed by atoms with Gasteiger partial charge in [-0.25, -0.2) is 0 Å². The van der Waals surface area contributed by atoms with Gasteiger partial charge in [0, 0.05) is 44.1 Å². The van der Waals surface area contributed by atoms with E-state index in [1.165, 1.54) is 11.3 Å². The fourth-order valence-corrected chi connectivity index (χ4v) is 2.96. The van der Waals surface area contributed by atoms with E-state index in [0.717, 1.165) is 29.9 Å². The van der Waals surface area contributed by atoms with Gasteiger partial charge in [-0.2, -0.15) is 0 Å². The van der Waals surface area contributed by atoms with Crippen molar-refractivity contribution in [1.29, 1.82) is 0 Å². The van der Waals surface area contributed by atoms with E-state index in [4.69, 9.17) is 0 Å². The minimum absolute atomic E-state index is 0.813. The van der Waals surface area contributed by atoms with Crippen molar-refractivity contribution in [3.63, 3.8) is 0 Å². The lowest BCUT2D eigenvalue weighted by Crippen LogP contribution is -2.39. The smallest absolute Gasteiger partial charge is 0.193 e. The highest BCUT2D eigenvalue weighted by molar-refractivity contribution is 9.10. The first-order chi connectivity index (χ1) is 10.6. The number of halogens is 1. The van der Waals surface area contributed by atoms with Crippen molar-refractivity contribution in [2.24, 2.45) is 12.0 Å². The number of rotatable bonds is 5. The van der Waals surface area contributed by atoms with Crippen molar-refractivity contribution < 1.29 is 0 Å². The van der Waals surface area contributed by atoms with Crippen LogP contribution in [0.4, 0.5) is 0 Å². The molecule has 5 heteroatoms. The molecule has 0 bridgehead atoms. The quantitative estimate of drug-likeness (QED) is 0.654. The van der Waals surface area contributed by atoms with E-state index < -0.39 is 0 Å². The largest absolute Gasteiger partial charge is 0.356 e. The molecule has 0 atom stereocenters. The molecule has 0 aliphatic rings. The van der Waals surface area contributed by atoms with Crippen molar-refractivity contribution in [2.75, 3.05) is 20.6 Å². The SMILES string of the molecule is CN=C(NCCc1ccccc1)N(C)Cc1cc(Br)cn1C. The summed E-state index contributed by atoms with van der Waals surface area (Å²) in [5.74, 6) is 0.910. The Morgan fingerprint density at radius 2 is 2.05 bits per heavy atom. The normalized spacial score (nSPS) is 11.5. The summed E-state index contributed by atoms with van der Waals surface area (Å²) < 4.78 is 3.23. The van der Waals surface area contributed by atoms with E-state index in [9.17, 15) is 0 Å². The molecular formula is C17H23BrN4. The Kier molecular flexibility index (Phi) is 6.07. The maximum Gasteiger partial charge on any atom is 0.193 e. The van der Waals surface area contributed by atoms with E-state index in [-0.39, 0.29) is 0 Å². The van der Waals surface area contributed by atoms with Crippen molar-refractivity contribution >= 4 is 21.9 Å². The average molecular weight is 363 g/mol. The number of guanidine groups is 1. The van der Waals surface area contributed by atoms with E-state index in [2.05, 4.69) is 86.3 Å². The van der Waals surface area contributed by atoms with E-state index >= 15 is 0 Å². The maximum absolute atomic E-state index is 4.36. The molecule has 2 rings (SSSR count). The zero-order valence-corrected chi connectivity index (χ0v) is 15.0. The van der Waals surface area contributed by atoms with E-state index in [1.54, 1.807) is 0 Å². The first-order valence-electron chi connectivity index (χ1n) is 7.36. The fourth-order valence-electron chi connectivity index (χ4n) is 2.39. The standard InChI is InChI=1S/C17H23BrN4/c1-19-17(20-10-9-14-7-5-4-6-8-14)22(3)13-16-11-15(18)12-21(16)2/h4-8,11-12H,9-10,13H2,1-3H3,(H,19,20). The number of benzene rings is 1. The van der Waals surface area contributed by atoms with Gasteiger partial charge in [-0.15, -0.1) is 0 Å². The third kappa shape index (κ3) is 4.63. The van der Waals surface area contributed by atoms with Gasteiger partial charge in [-0.1, -0.05) is 30.3 Å². The van der Waals surface area contributed by atoms with Gasteiger partial charge in [0.2, 0.25) is 0 Å². The molecule has 0 saturated heterocycles. The van der Waals surface area contributed by atoms with Crippen molar-refractivity contribution in [3.8, 4) is 0 Å². The van der Waals surface area contributed by atoms with Crippen LogP contribution in [0.3, 0.4) is 0 Å². The molecule has 0 spiro atoms. The zero-order valence-electron chi connectivity index (χ0n) is 13.4. The van der Waals surface area contributed by atoms with Crippen LogP contribution in [0.2, 0.25) is 0 Å². The predicted molar refractivity (Wildman–Crippen MR) is 96.1 cm³/mol. The topological polar surface area (TPSA) is 32.6 Å². The molecule has 2 aromatic rings. The Morgan fingerprint density at radius 3 is 2.64 bits per heavy atom. The summed E-state index contributed by atoms with van der Waals surface area (Å²) in [6.45, 7) is 1.69. The summed E-state index contributed by atoms with van der Waals surface area (Å²) in [6.07, 6.45) is 3.05. The van der Waals surface area contributed by atoms with E-state index in [1.807, 2.05) is 13.1 Å². The first-order valence-corrected chi connectivity index (χ1v) is 8.16. The van der Waals surface area contributed by atoms with Crippen LogP contribution >= 0.6 is 15.9 Å². The molecule has 4 nitrogen and oxygen atoms in total. The number of aryl methyl sites for hydroxylation is 1. The Hall–Kier alpha value is -1.75. The van der Waals surface area contributed by atoms with Crippen LogP contribution < -0.4 is 5.32 Å². The number of aromatic nitrogens is 1. The van der Waals surface area contributed by atoms with Crippen molar-refractivity contribution in [1.82, 2.24) is 14.8 Å². The highest BCUT2D eigenvalue weighted by atomic mass is 79.9. The van der Waals surface area contributed by atoms with Gasteiger partial charge in [0.1, 0.15) is 0 Å². The molecule has 1 aromatic heterocycles. The number of nitrogens with zero attached hydrogens (tertiary/aromatic N) is 3. The molecule has 0 aliphatic heterocycles. The zero-order chi connectivity index (χ0) is 15.9. The molecule has 0 radical (unpaired) electrons. The van der Waals surface area contributed by atoms with Gasteiger partial charge in [-0.3, -0.25) is 4.99 Å².